The molecule has 1 aromatic heterocycles. The lowest BCUT2D eigenvalue weighted by molar-refractivity contribution is 1.08. The first-order chi connectivity index (χ1) is 8.58. The highest BCUT2D eigenvalue weighted by Crippen LogP contribution is 2.21. The van der Waals surface area contributed by atoms with Gasteiger partial charge in [-0.1, -0.05) is 24.4 Å². The smallest absolute Gasteiger partial charge is 0.151 e. The molecular weight excluding hydrogens is 244 g/mol. The van der Waals surface area contributed by atoms with Crippen LogP contribution in [0.25, 0.3) is 0 Å². The monoisotopic (exact) mass is 258 g/mol. The Morgan fingerprint density at radius 3 is 2.61 bits per heavy atom. The predicted molar refractivity (Wildman–Crippen MR) is 77.2 cm³/mol. The summed E-state index contributed by atoms with van der Waals surface area (Å²) < 4.78 is 0. The van der Waals surface area contributed by atoms with E-state index >= 15 is 0 Å². The molecule has 2 N–H and O–H groups in total. The highest BCUT2D eigenvalue weighted by Gasteiger charge is 2.06. The van der Waals surface area contributed by atoms with E-state index in [0.717, 1.165) is 11.5 Å². The number of hydrogen-bond acceptors (Lipinski definition) is 4. The second kappa shape index (κ2) is 5.10. The zero-order valence-corrected chi connectivity index (χ0v) is 11.1. The lowest BCUT2D eigenvalue weighted by Crippen LogP contribution is -2.15. The zero-order chi connectivity index (χ0) is 13.1. The van der Waals surface area contributed by atoms with Crippen molar-refractivity contribution in [2.24, 2.45) is 5.73 Å². The van der Waals surface area contributed by atoms with E-state index < -0.39 is 0 Å². The van der Waals surface area contributed by atoms with E-state index in [0.29, 0.717) is 5.69 Å². The van der Waals surface area contributed by atoms with Crippen LogP contribution in [0.3, 0.4) is 0 Å². The molecule has 0 aliphatic heterocycles. The van der Waals surface area contributed by atoms with Gasteiger partial charge >= 0.3 is 0 Å². The Hall–Kier alpha value is -2.01. The summed E-state index contributed by atoms with van der Waals surface area (Å²) in [6, 6.07) is 8.18. The molecule has 2 aromatic rings. The lowest BCUT2D eigenvalue weighted by atomic mass is 10.2. The van der Waals surface area contributed by atoms with Crippen molar-refractivity contribution >= 4 is 28.7 Å². The summed E-state index contributed by atoms with van der Waals surface area (Å²) in [6.07, 6.45) is 3.25. The fourth-order valence-electron chi connectivity index (χ4n) is 1.59. The van der Waals surface area contributed by atoms with Crippen molar-refractivity contribution in [1.29, 1.82) is 0 Å². The molecule has 1 aromatic carbocycles. The van der Waals surface area contributed by atoms with Gasteiger partial charge in [-0.15, -0.1) is 0 Å². The number of rotatable bonds is 3. The number of thiocarbonyl (C=S) groups is 1. The molecule has 0 unspecified atom stereocenters. The Balaban J connectivity index is 2.28. The van der Waals surface area contributed by atoms with E-state index in [1.165, 1.54) is 5.56 Å². The average Bonchev–Trinajstić information content (AvgIpc) is 2.38. The van der Waals surface area contributed by atoms with E-state index in [9.17, 15) is 0 Å². The Morgan fingerprint density at radius 1 is 1.28 bits per heavy atom. The lowest BCUT2D eigenvalue weighted by Gasteiger charge is -2.18. The van der Waals surface area contributed by atoms with Crippen molar-refractivity contribution in [3.05, 3.63) is 47.9 Å². The van der Waals surface area contributed by atoms with Crippen molar-refractivity contribution in [1.82, 2.24) is 9.97 Å². The minimum Gasteiger partial charge on any atom is -0.388 e. The first-order valence-corrected chi connectivity index (χ1v) is 5.91. The van der Waals surface area contributed by atoms with Crippen LogP contribution in [0.2, 0.25) is 0 Å². The summed E-state index contributed by atoms with van der Waals surface area (Å²) >= 11 is 4.84. The standard InChI is InChI=1S/C13H14N4S/c1-9-4-3-5-10(6-9)17(2)12-8-15-11(7-16-12)13(14)18/h3-8H,1-2H3,(H2,14,18). The SMILES string of the molecule is Cc1cccc(N(C)c2cnc(C(N)=S)cn2)c1. The summed E-state index contributed by atoms with van der Waals surface area (Å²) in [5, 5.41) is 0. The molecule has 0 fully saturated rings. The Labute approximate surface area is 111 Å². The van der Waals surface area contributed by atoms with Crippen LogP contribution < -0.4 is 10.6 Å². The molecule has 4 nitrogen and oxygen atoms in total. The number of nitrogens with two attached hydrogens (primary N) is 1. The third-order valence-corrected chi connectivity index (χ3v) is 2.83. The molecule has 0 atom stereocenters. The Morgan fingerprint density at radius 2 is 2.06 bits per heavy atom. The van der Waals surface area contributed by atoms with Gasteiger partial charge < -0.3 is 10.6 Å². The molecule has 0 bridgehead atoms. The average molecular weight is 258 g/mol. The summed E-state index contributed by atoms with van der Waals surface area (Å²) in [4.78, 5) is 10.7. The maximum absolute atomic E-state index is 5.49. The van der Waals surface area contributed by atoms with Crippen LogP contribution in [-0.2, 0) is 0 Å². The molecule has 2 rings (SSSR count). The normalized spacial score (nSPS) is 10.1. The number of benzene rings is 1. The van der Waals surface area contributed by atoms with Gasteiger partial charge in [-0.05, 0) is 24.6 Å². The van der Waals surface area contributed by atoms with Crippen molar-refractivity contribution in [3.63, 3.8) is 0 Å². The highest BCUT2D eigenvalue weighted by atomic mass is 32.1. The molecule has 0 saturated carbocycles. The summed E-state index contributed by atoms with van der Waals surface area (Å²) in [7, 11) is 1.94. The molecule has 0 spiro atoms. The minimum absolute atomic E-state index is 0.257. The van der Waals surface area contributed by atoms with E-state index in [2.05, 4.69) is 29.0 Å². The van der Waals surface area contributed by atoms with Gasteiger partial charge in [0.15, 0.2) is 5.82 Å². The summed E-state index contributed by atoms with van der Waals surface area (Å²) in [5.41, 5.74) is 8.28. The second-order valence-corrected chi connectivity index (χ2v) is 4.46. The van der Waals surface area contributed by atoms with E-state index in [-0.39, 0.29) is 4.99 Å². The Bertz CT molecular complexity index is 565. The van der Waals surface area contributed by atoms with Crippen LogP contribution >= 0.6 is 12.2 Å². The van der Waals surface area contributed by atoms with Crippen LogP contribution in [-0.4, -0.2) is 22.0 Å². The molecular formula is C13H14N4S. The van der Waals surface area contributed by atoms with Gasteiger partial charge in [-0.25, -0.2) is 9.97 Å². The van der Waals surface area contributed by atoms with Crippen LogP contribution in [0.1, 0.15) is 11.3 Å². The van der Waals surface area contributed by atoms with Crippen LogP contribution in [0.15, 0.2) is 36.7 Å². The van der Waals surface area contributed by atoms with Gasteiger partial charge in [-0.3, -0.25) is 0 Å². The minimum atomic E-state index is 0.257. The van der Waals surface area contributed by atoms with Gasteiger partial charge in [0.1, 0.15) is 10.7 Å². The van der Waals surface area contributed by atoms with Crippen molar-refractivity contribution in [2.45, 2.75) is 6.92 Å². The first kappa shape index (κ1) is 12.4. The summed E-state index contributed by atoms with van der Waals surface area (Å²) in [6.45, 7) is 2.05. The molecule has 0 aliphatic rings. The third kappa shape index (κ3) is 2.62. The fraction of sp³-hybridized carbons (Fsp3) is 0.154. The molecule has 0 saturated heterocycles. The molecule has 18 heavy (non-hydrogen) atoms. The number of anilines is 2. The van der Waals surface area contributed by atoms with Crippen LogP contribution in [0, 0.1) is 6.92 Å². The number of aromatic nitrogens is 2. The van der Waals surface area contributed by atoms with E-state index in [1.807, 2.05) is 24.1 Å². The third-order valence-electron chi connectivity index (χ3n) is 2.62. The topological polar surface area (TPSA) is 55.0 Å². The van der Waals surface area contributed by atoms with Gasteiger partial charge in [0, 0.05) is 12.7 Å². The molecule has 0 aliphatic carbocycles. The fourth-order valence-corrected chi connectivity index (χ4v) is 1.70. The van der Waals surface area contributed by atoms with Crippen LogP contribution in [0.4, 0.5) is 11.5 Å². The van der Waals surface area contributed by atoms with Gasteiger partial charge in [-0.2, -0.15) is 0 Å². The van der Waals surface area contributed by atoms with E-state index in [4.69, 9.17) is 18.0 Å². The maximum Gasteiger partial charge on any atom is 0.151 e. The number of hydrogen-bond donors (Lipinski definition) is 1. The molecule has 5 heteroatoms. The summed E-state index contributed by atoms with van der Waals surface area (Å²) in [5.74, 6) is 0.751. The predicted octanol–water partition coefficient (Wildman–Crippen LogP) is 2.19. The van der Waals surface area contributed by atoms with Gasteiger partial charge in [0.25, 0.3) is 0 Å². The van der Waals surface area contributed by atoms with Crippen LogP contribution in [0.5, 0.6) is 0 Å². The molecule has 92 valence electrons. The van der Waals surface area contributed by atoms with Crippen molar-refractivity contribution in [2.75, 3.05) is 11.9 Å². The second-order valence-electron chi connectivity index (χ2n) is 4.02. The molecule has 0 amide bonds. The molecule has 0 radical (unpaired) electrons. The highest BCUT2D eigenvalue weighted by molar-refractivity contribution is 7.80. The van der Waals surface area contributed by atoms with Gasteiger partial charge in [0.2, 0.25) is 0 Å². The number of nitrogens with zero attached hydrogens (tertiary/aromatic N) is 3. The van der Waals surface area contributed by atoms with E-state index in [1.54, 1.807) is 12.4 Å². The Kier molecular flexibility index (Phi) is 3.53. The quantitative estimate of drug-likeness (QED) is 0.855. The number of aryl methyl sites for hydroxylation is 1. The maximum atomic E-state index is 5.49. The van der Waals surface area contributed by atoms with Crippen molar-refractivity contribution in [3.8, 4) is 0 Å². The zero-order valence-electron chi connectivity index (χ0n) is 10.3. The largest absolute Gasteiger partial charge is 0.388 e. The molecule has 1 heterocycles. The van der Waals surface area contributed by atoms with Gasteiger partial charge in [0.05, 0.1) is 12.4 Å². The first-order valence-electron chi connectivity index (χ1n) is 5.50. The van der Waals surface area contributed by atoms with Crippen molar-refractivity contribution < 1.29 is 0 Å².